The van der Waals surface area contributed by atoms with E-state index in [2.05, 4.69) is 4.90 Å². The standard InChI is InChI=1S/C15H30N2O3/c1-12(2)15(6,19)11-16-7-9-17(10-8-16)13(18)20-14(3,4)5/h12,19H,7-11H2,1-6H3. The Morgan fingerprint density at radius 1 is 1.15 bits per heavy atom. The highest BCUT2D eigenvalue weighted by molar-refractivity contribution is 5.68. The van der Waals surface area contributed by atoms with Crippen molar-refractivity contribution in [2.75, 3.05) is 32.7 Å². The predicted molar refractivity (Wildman–Crippen MR) is 79.7 cm³/mol. The molecule has 5 nitrogen and oxygen atoms in total. The predicted octanol–water partition coefficient (Wildman–Crippen LogP) is 1.95. The summed E-state index contributed by atoms with van der Waals surface area (Å²) >= 11 is 0. The molecule has 1 unspecified atom stereocenters. The smallest absolute Gasteiger partial charge is 0.410 e. The third kappa shape index (κ3) is 5.29. The molecule has 1 aliphatic rings. The monoisotopic (exact) mass is 286 g/mol. The lowest BCUT2D eigenvalue weighted by Crippen LogP contribution is -2.54. The highest BCUT2D eigenvalue weighted by Crippen LogP contribution is 2.19. The normalized spacial score (nSPS) is 20.9. The molecule has 0 aromatic heterocycles. The highest BCUT2D eigenvalue weighted by Gasteiger charge is 2.31. The minimum absolute atomic E-state index is 0.214. The molecular weight excluding hydrogens is 256 g/mol. The van der Waals surface area contributed by atoms with Gasteiger partial charge in [-0.15, -0.1) is 0 Å². The van der Waals surface area contributed by atoms with Crippen LogP contribution in [0.1, 0.15) is 41.5 Å². The molecule has 1 saturated heterocycles. The van der Waals surface area contributed by atoms with Gasteiger partial charge in [0.25, 0.3) is 0 Å². The van der Waals surface area contributed by atoms with Crippen LogP contribution in [0.3, 0.4) is 0 Å². The first-order chi connectivity index (χ1) is 9.01. The Balaban J connectivity index is 2.42. The van der Waals surface area contributed by atoms with Crippen molar-refractivity contribution in [1.82, 2.24) is 9.80 Å². The van der Waals surface area contributed by atoms with E-state index in [4.69, 9.17) is 4.74 Å². The summed E-state index contributed by atoms with van der Waals surface area (Å²) in [6, 6.07) is 0. The number of ether oxygens (including phenoxy) is 1. The molecule has 1 aliphatic heterocycles. The summed E-state index contributed by atoms with van der Waals surface area (Å²) in [6.45, 7) is 15.1. The number of carbonyl (C=O) groups excluding carboxylic acids is 1. The van der Waals surface area contributed by atoms with Gasteiger partial charge >= 0.3 is 6.09 Å². The molecule has 1 N–H and O–H groups in total. The maximum Gasteiger partial charge on any atom is 0.410 e. The van der Waals surface area contributed by atoms with E-state index in [0.717, 1.165) is 13.1 Å². The van der Waals surface area contributed by atoms with Crippen molar-refractivity contribution in [2.45, 2.75) is 52.7 Å². The first-order valence-electron chi connectivity index (χ1n) is 7.44. The Kier molecular flexibility index (Phi) is 5.44. The van der Waals surface area contributed by atoms with Crippen LogP contribution >= 0.6 is 0 Å². The van der Waals surface area contributed by atoms with Crippen molar-refractivity contribution in [3.8, 4) is 0 Å². The molecule has 118 valence electrons. The topological polar surface area (TPSA) is 53.0 Å². The van der Waals surface area contributed by atoms with Crippen LogP contribution < -0.4 is 0 Å². The second kappa shape index (κ2) is 6.31. The maximum atomic E-state index is 11.9. The molecule has 1 amide bonds. The van der Waals surface area contributed by atoms with Gasteiger partial charge < -0.3 is 14.7 Å². The van der Waals surface area contributed by atoms with E-state index in [-0.39, 0.29) is 12.0 Å². The molecule has 5 heteroatoms. The third-order valence-corrected chi connectivity index (χ3v) is 3.81. The number of amides is 1. The summed E-state index contributed by atoms with van der Waals surface area (Å²) < 4.78 is 5.37. The maximum absolute atomic E-state index is 11.9. The lowest BCUT2D eigenvalue weighted by molar-refractivity contribution is -0.0323. The number of hydrogen-bond donors (Lipinski definition) is 1. The number of carbonyl (C=O) groups is 1. The van der Waals surface area contributed by atoms with Gasteiger partial charge in [0.2, 0.25) is 0 Å². The number of nitrogens with zero attached hydrogens (tertiary/aromatic N) is 2. The van der Waals surface area contributed by atoms with Gasteiger partial charge in [-0.05, 0) is 33.6 Å². The van der Waals surface area contributed by atoms with Gasteiger partial charge in [0, 0.05) is 32.7 Å². The second-order valence-electron chi connectivity index (χ2n) is 7.26. The van der Waals surface area contributed by atoms with Crippen molar-refractivity contribution in [3.63, 3.8) is 0 Å². The molecule has 0 aromatic rings. The highest BCUT2D eigenvalue weighted by atomic mass is 16.6. The van der Waals surface area contributed by atoms with Crippen LogP contribution in [0, 0.1) is 5.92 Å². The van der Waals surface area contributed by atoms with Gasteiger partial charge in [0.15, 0.2) is 0 Å². The second-order valence-corrected chi connectivity index (χ2v) is 7.26. The van der Waals surface area contributed by atoms with Crippen molar-refractivity contribution in [3.05, 3.63) is 0 Å². The largest absolute Gasteiger partial charge is 0.444 e. The summed E-state index contributed by atoms with van der Waals surface area (Å²) in [7, 11) is 0. The zero-order valence-corrected chi connectivity index (χ0v) is 13.8. The van der Waals surface area contributed by atoms with Crippen LogP contribution in [0.5, 0.6) is 0 Å². The van der Waals surface area contributed by atoms with E-state index in [1.165, 1.54) is 0 Å². The van der Waals surface area contributed by atoms with Crippen molar-refractivity contribution in [1.29, 1.82) is 0 Å². The molecule has 0 bridgehead atoms. The molecule has 0 aliphatic carbocycles. The van der Waals surface area contributed by atoms with E-state index in [0.29, 0.717) is 19.6 Å². The van der Waals surface area contributed by atoms with Crippen LogP contribution in [0.25, 0.3) is 0 Å². The summed E-state index contributed by atoms with van der Waals surface area (Å²) in [5, 5.41) is 10.3. The first-order valence-corrected chi connectivity index (χ1v) is 7.44. The van der Waals surface area contributed by atoms with Gasteiger partial charge in [-0.1, -0.05) is 13.8 Å². The average Bonchev–Trinajstić information content (AvgIpc) is 2.26. The van der Waals surface area contributed by atoms with Gasteiger partial charge in [-0.25, -0.2) is 4.79 Å². The Hall–Kier alpha value is -0.810. The first kappa shape index (κ1) is 17.2. The lowest BCUT2D eigenvalue weighted by atomic mass is 9.92. The van der Waals surface area contributed by atoms with E-state index in [1.807, 2.05) is 41.5 Å². The fraction of sp³-hybridized carbons (Fsp3) is 0.933. The zero-order valence-electron chi connectivity index (χ0n) is 13.8. The van der Waals surface area contributed by atoms with E-state index in [1.54, 1.807) is 4.90 Å². The summed E-state index contributed by atoms with van der Waals surface area (Å²) in [6.07, 6.45) is -0.243. The van der Waals surface area contributed by atoms with Crippen LogP contribution in [0.4, 0.5) is 4.79 Å². The van der Waals surface area contributed by atoms with E-state index in [9.17, 15) is 9.90 Å². The minimum atomic E-state index is -0.686. The number of β-amino-alcohol motifs (C(OH)–C–C–N with tert-alkyl or cyclic N) is 1. The zero-order chi connectivity index (χ0) is 15.6. The Morgan fingerprint density at radius 3 is 2.05 bits per heavy atom. The summed E-state index contributed by atoms with van der Waals surface area (Å²) in [5.74, 6) is 0.214. The van der Waals surface area contributed by atoms with E-state index < -0.39 is 11.2 Å². The molecular formula is C15H30N2O3. The molecule has 1 atom stereocenters. The number of piperazine rings is 1. The Morgan fingerprint density at radius 2 is 1.65 bits per heavy atom. The summed E-state index contributed by atoms with van der Waals surface area (Å²) in [5.41, 5.74) is -1.14. The van der Waals surface area contributed by atoms with Crippen molar-refractivity contribution >= 4 is 6.09 Å². The molecule has 20 heavy (non-hydrogen) atoms. The molecule has 0 aromatic carbocycles. The van der Waals surface area contributed by atoms with Crippen LogP contribution in [0.15, 0.2) is 0 Å². The summed E-state index contributed by atoms with van der Waals surface area (Å²) in [4.78, 5) is 15.9. The molecule has 1 heterocycles. The fourth-order valence-corrected chi connectivity index (χ4v) is 2.05. The van der Waals surface area contributed by atoms with Gasteiger partial charge in [-0.2, -0.15) is 0 Å². The molecule has 0 saturated carbocycles. The number of hydrogen-bond acceptors (Lipinski definition) is 4. The molecule has 0 radical (unpaired) electrons. The van der Waals surface area contributed by atoms with Gasteiger partial charge in [0.1, 0.15) is 5.60 Å². The molecule has 0 spiro atoms. The third-order valence-electron chi connectivity index (χ3n) is 3.81. The van der Waals surface area contributed by atoms with Crippen molar-refractivity contribution in [2.24, 2.45) is 5.92 Å². The van der Waals surface area contributed by atoms with E-state index >= 15 is 0 Å². The average molecular weight is 286 g/mol. The molecule has 1 rings (SSSR count). The van der Waals surface area contributed by atoms with Crippen molar-refractivity contribution < 1.29 is 14.6 Å². The number of aliphatic hydroxyl groups is 1. The van der Waals surface area contributed by atoms with Gasteiger partial charge in [-0.3, -0.25) is 4.90 Å². The van der Waals surface area contributed by atoms with Crippen LogP contribution in [-0.2, 0) is 4.74 Å². The quantitative estimate of drug-likeness (QED) is 0.861. The lowest BCUT2D eigenvalue weighted by Gasteiger charge is -2.39. The SMILES string of the molecule is CC(C)C(C)(O)CN1CCN(C(=O)OC(C)(C)C)CC1. The fourth-order valence-electron chi connectivity index (χ4n) is 2.05. The Labute approximate surface area is 122 Å². The molecule has 1 fully saturated rings. The Bertz CT molecular complexity index is 327. The van der Waals surface area contributed by atoms with Crippen LogP contribution in [-0.4, -0.2) is 64.9 Å². The van der Waals surface area contributed by atoms with Gasteiger partial charge in [0.05, 0.1) is 5.60 Å². The number of rotatable bonds is 3. The minimum Gasteiger partial charge on any atom is -0.444 e. The van der Waals surface area contributed by atoms with Crippen LogP contribution in [0.2, 0.25) is 0 Å².